The van der Waals surface area contributed by atoms with Crippen LogP contribution < -0.4 is 4.74 Å². The molecule has 0 aromatic heterocycles. The van der Waals surface area contributed by atoms with Crippen molar-refractivity contribution in [3.8, 4) is 17.2 Å². The van der Waals surface area contributed by atoms with Crippen molar-refractivity contribution in [2.24, 2.45) is 0 Å². The van der Waals surface area contributed by atoms with Crippen molar-refractivity contribution in [2.45, 2.75) is 0 Å². The smallest absolute Gasteiger partial charge is 0.353 e. The summed E-state index contributed by atoms with van der Waals surface area (Å²) < 4.78 is 19.2. The van der Waals surface area contributed by atoms with Crippen LogP contribution in [0.5, 0.6) is 17.2 Å². The molecule has 0 radical (unpaired) electrons. The van der Waals surface area contributed by atoms with Crippen LogP contribution in [0.4, 0.5) is 10.1 Å². The molecule has 0 atom stereocenters. The molecule has 1 N–H and O–H groups in total. The van der Waals surface area contributed by atoms with Crippen molar-refractivity contribution in [1.82, 2.24) is 0 Å². The lowest BCUT2D eigenvalue weighted by atomic mass is 10.2. The number of rotatable bonds is 3. The maximum atomic E-state index is 13.4. The van der Waals surface area contributed by atoms with Crippen LogP contribution in [-0.2, 0) is 0 Å². The molecule has 5 nitrogen and oxygen atoms in total. The molecule has 2 aromatic rings. The molecule has 0 fully saturated rings. The standard InChI is InChI=1S/C12H6Br2FNO4/c13-7-2-1-6(5-9(7)15)20-12-8(14)3-4-10(17)11(12)16(18)19/h1-5,17H. The Morgan fingerprint density at radius 3 is 2.45 bits per heavy atom. The average molecular weight is 407 g/mol. The fourth-order valence-corrected chi connectivity index (χ4v) is 2.12. The van der Waals surface area contributed by atoms with Crippen LogP contribution in [0, 0.1) is 15.9 Å². The molecule has 0 bridgehead atoms. The van der Waals surface area contributed by atoms with Crippen LogP contribution in [-0.4, -0.2) is 10.0 Å². The number of ether oxygens (including phenoxy) is 1. The number of benzene rings is 2. The van der Waals surface area contributed by atoms with Crippen LogP contribution in [0.3, 0.4) is 0 Å². The summed E-state index contributed by atoms with van der Waals surface area (Å²) in [5.41, 5.74) is -0.595. The lowest BCUT2D eigenvalue weighted by Crippen LogP contribution is -1.95. The van der Waals surface area contributed by atoms with Gasteiger partial charge in [0.1, 0.15) is 11.6 Å². The Labute approximate surface area is 129 Å². The molecule has 0 heterocycles. The summed E-state index contributed by atoms with van der Waals surface area (Å²) >= 11 is 6.09. The topological polar surface area (TPSA) is 72.6 Å². The molecule has 0 saturated heterocycles. The Hall–Kier alpha value is -1.67. The third-order valence-corrected chi connectivity index (χ3v) is 3.62. The average Bonchev–Trinajstić information content (AvgIpc) is 2.38. The van der Waals surface area contributed by atoms with E-state index in [1.807, 2.05) is 0 Å². The molecule has 0 aliphatic rings. The van der Waals surface area contributed by atoms with Gasteiger partial charge in [-0.2, -0.15) is 0 Å². The van der Waals surface area contributed by atoms with E-state index in [4.69, 9.17) is 4.74 Å². The van der Waals surface area contributed by atoms with E-state index in [0.717, 1.165) is 12.1 Å². The molecule has 0 aliphatic carbocycles. The molecular weight excluding hydrogens is 401 g/mol. The minimum Gasteiger partial charge on any atom is -0.502 e. The zero-order chi connectivity index (χ0) is 14.9. The van der Waals surface area contributed by atoms with E-state index in [1.54, 1.807) is 0 Å². The number of hydrogen-bond donors (Lipinski definition) is 1. The van der Waals surface area contributed by atoms with Gasteiger partial charge in [-0.25, -0.2) is 4.39 Å². The molecule has 8 heteroatoms. The second kappa shape index (κ2) is 5.76. The van der Waals surface area contributed by atoms with Gasteiger partial charge in [0, 0.05) is 6.07 Å². The van der Waals surface area contributed by atoms with Gasteiger partial charge in [-0.3, -0.25) is 10.1 Å². The third kappa shape index (κ3) is 2.91. The highest BCUT2D eigenvalue weighted by molar-refractivity contribution is 9.10. The first-order valence-electron chi connectivity index (χ1n) is 5.19. The van der Waals surface area contributed by atoms with Crippen LogP contribution in [0.2, 0.25) is 0 Å². The zero-order valence-electron chi connectivity index (χ0n) is 9.64. The molecule has 20 heavy (non-hydrogen) atoms. The van der Waals surface area contributed by atoms with E-state index in [2.05, 4.69) is 31.9 Å². The lowest BCUT2D eigenvalue weighted by Gasteiger charge is -2.09. The number of nitrogens with zero attached hydrogens (tertiary/aromatic N) is 1. The van der Waals surface area contributed by atoms with Gasteiger partial charge in [0.05, 0.1) is 13.9 Å². The number of nitro benzene ring substituents is 1. The number of aromatic hydroxyl groups is 1. The minimum absolute atomic E-state index is 0.0695. The van der Waals surface area contributed by atoms with Crippen molar-refractivity contribution in [3.05, 3.63) is 55.2 Å². The molecule has 0 saturated carbocycles. The maximum absolute atomic E-state index is 13.4. The number of halogens is 3. The van der Waals surface area contributed by atoms with Crippen LogP contribution >= 0.6 is 31.9 Å². The fraction of sp³-hybridized carbons (Fsp3) is 0. The van der Waals surface area contributed by atoms with E-state index in [1.165, 1.54) is 18.2 Å². The predicted molar refractivity (Wildman–Crippen MR) is 76.6 cm³/mol. The van der Waals surface area contributed by atoms with E-state index < -0.39 is 22.2 Å². The fourth-order valence-electron chi connectivity index (χ4n) is 1.47. The largest absolute Gasteiger partial charge is 0.502 e. The summed E-state index contributed by atoms with van der Waals surface area (Å²) in [5, 5.41) is 20.5. The van der Waals surface area contributed by atoms with Gasteiger partial charge >= 0.3 is 5.69 Å². The SMILES string of the molecule is O=[N+]([O-])c1c(O)ccc(Br)c1Oc1ccc(Br)c(F)c1. The van der Waals surface area contributed by atoms with Crippen LogP contribution in [0.15, 0.2) is 39.3 Å². The number of phenols is 1. The second-order valence-electron chi connectivity index (χ2n) is 3.68. The van der Waals surface area contributed by atoms with Gasteiger partial charge in [0.2, 0.25) is 5.75 Å². The summed E-state index contributed by atoms with van der Waals surface area (Å²) in [6.07, 6.45) is 0. The maximum Gasteiger partial charge on any atom is 0.353 e. The van der Waals surface area contributed by atoms with E-state index in [9.17, 15) is 19.6 Å². The monoisotopic (exact) mass is 405 g/mol. The van der Waals surface area contributed by atoms with Crippen LogP contribution in [0.25, 0.3) is 0 Å². The van der Waals surface area contributed by atoms with Gasteiger partial charge < -0.3 is 9.84 Å². The van der Waals surface area contributed by atoms with Crippen LogP contribution in [0.1, 0.15) is 0 Å². The summed E-state index contributed by atoms with van der Waals surface area (Å²) in [7, 11) is 0. The van der Waals surface area contributed by atoms with Gasteiger partial charge in [-0.05, 0) is 56.1 Å². The zero-order valence-corrected chi connectivity index (χ0v) is 12.8. The quantitative estimate of drug-likeness (QED) is 0.589. The van der Waals surface area contributed by atoms with Crippen molar-refractivity contribution in [2.75, 3.05) is 0 Å². The van der Waals surface area contributed by atoms with Crippen molar-refractivity contribution in [3.63, 3.8) is 0 Å². The highest BCUT2D eigenvalue weighted by Crippen LogP contribution is 2.43. The molecule has 0 aliphatic heterocycles. The first-order valence-corrected chi connectivity index (χ1v) is 6.77. The third-order valence-electron chi connectivity index (χ3n) is 2.36. The summed E-state index contributed by atoms with van der Waals surface area (Å²) in [6.45, 7) is 0. The Kier molecular flexibility index (Phi) is 4.24. The molecule has 0 spiro atoms. The number of hydrogen-bond acceptors (Lipinski definition) is 4. The summed E-state index contributed by atoms with van der Waals surface area (Å²) in [4.78, 5) is 10.2. The van der Waals surface area contributed by atoms with E-state index >= 15 is 0 Å². The Morgan fingerprint density at radius 1 is 1.20 bits per heavy atom. The Bertz CT molecular complexity index is 693. The van der Waals surface area contributed by atoms with Gasteiger partial charge in [-0.1, -0.05) is 0 Å². The molecule has 2 aromatic carbocycles. The molecule has 2 rings (SSSR count). The first-order chi connectivity index (χ1) is 9.40. The number of nitro groups is 1. The van der Waals surface area contributed by atoms with Gasteiger partial charge in [0.25, 0.3) is 0 Å². The predicted octanol–water partition coefficient (Wildman–Crippen LogP) is 4.76. The van der Waals surface area contributed by atoms with Crippen molar-refractivity contribution < 1.29 is 19.2 Å². The second-order valence-corrected chi connectivity index (χ2v) is 5.39. The van der Waals surface area contributed by atoms with Crippen molar-refractivity contribution >= 4 is 37.5 Å². The highest BCUT2D eigenvalue weighted by Gasteiger charge is 2.24. The first kappa shape index (κ1) is 14.7. The van der Waals surface area contributed by atoms with E-state index in [0.29, 0.717) is 0 Å². The summed E-state index contributed by atoms with van der Waals surface area (Å²) in [6, 6.07) is 6.48. The van der Waals surface area contributed by atoms with Gasteiger partial charge in [-0.15, -0.1) is 0 Å². The van der Waals surface area contributed by atoms with Gasteiger partial charge in [0.15, 0.2) is 5.75 Å². The van der Waals surface area contributed by atoms with E-state index in [-0.39, 0.29) is 20.4 Å². The number of phenolic OH excluding ortho intramolecular Hbond substituents is 1. The molecular formula is C12H6Br2FNO4. The summed E-state index contributed by atoms with van der Waals surface area (Å²) in [5.74, 6) is -1.23. The molecule has 0 unspecified atom stereocenters. The highest BCUT2D eigenvalue weighted by atomic mass is 79.9. The Balaban J connectivity index is 2.50. The minimum atomic E-state index is -0.773. The molecule has 104 valence electrons. The molecule has 0 amide bonds. The normalized spacial score (nSPS) is 10.3. The lowest BCUT2D eigenvalue weighted by molar-refractivity contribution is -0.386. The van der Waals surface area contributed by atoms with Crippen molar-refractivity contribution in [1.29, 1.82) is 0 Å². The Morgan fingerprint density at radius 2 is 1.85 bits per heavy atom.